The first-order chi connectivity index (χ1) is 16.5. The van der Waals surface area contributed by atoms with Crippen LogP contribution in [0.1, 0.15) is 56.2 Å². The summed E-state index contributed by atoms with van der Waals surface area (Å²) in [5.74, 6) is 2.06. The third-order valence-corrected chi connectivity index (χ3v) is 6.47. The maximum Gasteiger partial charge on any atom is 0.274 e. The lowest BCUT2D eigenvalue weighted by Gasteiger charge is -2.31. The van der Waals surface area contributed by atoms with Crippen molar-refractivity contribution >= 4 is 5.91 Å². The minimum absolute atomic E-state index is 0.00548. The van der Waals surface area contributed by atoms with Crippen LogP contribution in [0.15, 0.2) is 36.4 Å². The lowest BCUT2D eigenvalue weighted by atomic mass is 9.88. The van der Waals surface area contributed by atoms with E-state index in [1.165, 1.54) is 0 Å². The molecule has 1 aliphatic rings. The number of carbonyl (C=O) groups excluding carboxylic acids is 1. The van der Waals surface area contributed by atoms with Crippen LogP contribution in [-0.4, -0.2) is 53.5 Å². The van der Waals surface area contributed by atoms with E-state index in [1.807, 2.05) is 82.7 Å². The minimum atomic E-state index is -0.327. The summed E-state index contributed by atoms with van der Waals surface area (Å²) in [6.07, 6.45) is 1.49. The molecule has 0 bridgehead atoms. The van der Waals surface area contributed by atoms with E-state index < -0.39 is 0 Å². The molecule has 7 nitrogen and oxygen atoms in total. The number of ether oxygens (including phenoxy) is 3. The van der Waals surface area contributed by atoms with E-state index in [0.717, 1.165) is 40.2 Å². The Morgan fingerprint density at radius 2 is 1.71 bits per heavy atom. The van der Waals surface area contributed by atoms with Gasteiger partial charge in [0.2, 0.25) is 0 Å². The lowest BCUT2D eigenvalue weighted by molar-refractivity contribution is 0.0648. The third kappa shape index (κ3) is 4.59. The van der Waals surface area contributed by atoms with Crippen LogP contribution < -0.4 is 14.2 Å². The van der Waals surface area contributed by atoms with E-state index in [0.29, 0.717) is 23.6 Å². The van der Waals surface area contributed by atoms with Gasteiger partial charge in [-0.15, -0.1) is 0 Å². The Labute approximate surface area is 207 Å². The highest BCUT2D eigenvalue weighted by atomic mass is 16.5. The molecule has 186 valence electrons. The average molecular weight is 478 g/mol. The lowest BCUT2D eigenvalue weighted by Crippen LogP contribution is -2.43. The molecule has 4 rings (SSSR count). The van der Waals surface area contributed by atoms with Gasteiger partial charge in [-0.1, -0.05) is 0 Å². The molecule has 1 amide bonds. The van der Waals surface area contributed by atoms with Crippen molar-refractivity contribution in [1.29, 1.82) is 0 Å². The first-order valence-corrected chi connectivity index (χ1v) is 12.0. The molecule has 7 heteroatoms. The van der Waals surface area contributed by atoms with Crippen molar-refractivity contribution in [3.63, 3.8) is 0 Å². The number of aromatic nitrogens is 2. The highest BCUT2D eigenvalue weighted by Gasteiger charge is 2.33. The number of methoxy groups -OCH3 is 2. The zero-order valence-corrected chi connectivity index (χ0v) is 21.9. The van der Waals surface area contributed by atoms with Crippen LogP contribution in [0.3, 0.4) is 0 Å². The number of hydrogen-bond donors (Lipinski definition) is 0. The van der Waals surface area contributed by atoms with Gasteiger partial charge in [-0.05, 0) is 89.4 Å². The van der Waals surface area contributed by atoms with Crippen LogP contribution in [0.2, 0.25) is 0 Å². The monoisotopic (exact) mass is 477 g/mol. The molecule has 1 aliphatic carbocycles. The van der Waals surface area contributed by atoms with E-state index >= 15 is 0 Å². The van der Waals surface area contributed by atoms with Gasteiger partial charge in [0, 0.05) is 23.7 Å². The van der Waals surface area contributed by atoms with Gasteiger partial charge in [-0.3, -0.25) is 4.79 Å². The van der Waals surface area contributed by atoms with Crippen LogP contribution in [0.4, 0.5) is 0 Å². The number of fused-ring (bicyclic) bond motifs is 3. The Morgan fingerprint density at radius 1 is 1.03 bits per heavy atom. The van der Waals surface area contributed by atoms with Gasteiger partial charge < -0.3 is 19.1 Å². The molecule has 0 N–H and O–H groups in total. The number of benzene rings is 2. The molecule has 0 radical (unpaired) electrons. The summed E-state index contributed by atoms with van der Waals surface area (Å²) < 4.78 is 18.9. The smallest absolute Gasteiger partial charge is 0.274 e. The predicted molar refractivity (Wildman–Crippen MR) is 137 cm³/mol. The summed E-state index contributed by atoms with van der Waals surface area (Å²) in [5, 5.41) is 4.90. The van der Waals surface area contributed by atoms with Crippen molar-refractivity contribution in [2.45, 2.75) is 59.1 Å². The number of carbonyl (C=O) groups is 1. The summed E-state index contributed by atoms with van der Waals surface area (Å²) >= 11 is 0. The van der Waals surface area contributed by atoms with Gasteiger partial charge in [0.1, 0.15) is 5.75 Å². The van der Waals surface area contributed by atoms with Gasteiger partial charge in [0.25, 0.3) is 5.91 Å². The zero-order chi connectivity index (χ0) is 25.5. The van der Waals surface area contributed by atoms with Crippen LogP contribution in [0, 0.1) is 0 Å². The topological polar surface area (TPSA) is 65.8 Å². The molecule has 0 saturated carbocycles. The number of amides is 1. The second kappa shape index (κ2) is 9.29. The fourth-order valence-corrected chi connectivity index (χ4v) is 4.30. The first-order valence-electron chi connectivity index (χ1n) is 12.0. The second-order valence-electron chi connectivity index (χ2n) is 10.1. The van der Waals surface area contributed by atoms with Crippen LogP contribution in [0.25, 0.3) is 16.9 Å². The van der Waals surface area contributed by atoms with Crippen molar-refractivity contribution in [1.82, 2.24) is 14.7 Å². The Kier molecular flexibility index (Phi) is 6.54. The minimum Gasteiger partial charge on any atom is -0.497 e. The molecule has 0 spiro atoms. The standard InChI is InChI=1S/C28H35N3O4/c1-17(2)35-24-16-22-18(15-23(24)34-8)9-14-21-25(27(32)30(6)28(3,4)5)29-31(26(21)22)19-10-12-20(33-7)13-11-19/h10-13,15-17H,9,14H2,1-8H3. The number of nitrogens with zero attached hydrogens (tertiary/aromatic N) is 3. The van der Waals surface area contributed by atoms with Crippen molar-refractivity contribution < 1.29 is 19.0 Å². The summed E-state index contributed by atoms with van der Waals surface area (Å²) in [5.41, 5.74) is 5.03. The van der Waals surface area contributed by atoms with Crippen LogP contribution in [-0.2, 0) is 12.8 Å². The van der Waals surface area contributed by atoms with Gasteiger partial charge in [0.05, 0.1) is 31.7 Å². The van der Waals surface area contributed by atoms with Crippen molar-refractivity contribution in [3.05, 3.63) is 53.2 Å². The Balaban J connectivity index is 1.96. The van der Waals surface area contributed by atoms with E-state index in [2.05, 4.69) is 0 Å². The fraction of sp³-hybridized carbons (Fsp3) is 0.429. The Morgan fingerprint density at radius 3 is 2.29 bits per heavy atom. The molecular formula is C28H35N3O4. The van der Waals surface area contributed by atoms with E-state index in [-0.39, 0.29) is 17.6 Å². The van der Waals surface area contributed by atoms with Gasteiger partial charge in [0.15, 0.2) is 17.2 Å². The molecule has 0 saturated heterocycles. The molecule has 0 unspecified atom stereocenters. The fourth-order valence-electron chi connectivity index (χ4n) is 4.30. The normalized spacial score (nSPS) is 12.7. The predicted octanol–water partition coefficient (Wildman–Crippen LogP) is 5.31. The van der Waals surface area contributed by atoms with Crippen molar-refractivity contribution in [2.75, 3.05) is 21.3 Å². The van der Waals surface area contributed by atoms with Gasteiger partial charge in [-0.2, -0.15) is 5.10 Å². The molecule has 1 aromatic heterocycles. The molecule has 1 heterocycles. The summed E-state index contributed by atoms with van der Waals surface area (Å²) in [4.78, 5) is 15.4. The molecule has 35 heavy (non-hydrogen) atoms. The molecule has 3 aromatic rings. The van der Waals surface area contributed by atoms with Gasteiger partial charge >= 0.3 is 0 Å². The van der Waals surface area contributed by atoms with Crippen LogP contribution >= 0.6 is 0 Å². The number of aryl methyl sites for hydroxylation is 1. The summed E-state index contributed by atoms with van der Waals surface area (Å²) in [6.45, 7) is 10.1. The Hall–Kier alpha value is -3.48. The van der Waals surface area contributed by atoms with Crippen LogP contribution in [0.5, 0.6) is 17.2 Å². The molecule has 0 fully saturated rings. The maximum absolute atomic E-state index is 13.6. The summed E-state index contributed by atoms with van der Waals surface area (Å²) in [7, 11) is 5.13. The zero-order valence-electron chi connectivity index (χ0n) is 21.9. The highest BCUT2D eigenvalue weighted by Crippen LogP contribution is 2.43. The van der Waals surface area contributed by atoms with Crippen molar-refractivity contribution in [3.8, 4) is 34.2 Å². The van der Waals surface area contributed by atoms with E-state index in [1.54, 1.807) is 19.1 Å². The third-order valence-electron chi connectivity index (χ3n) is 6.47. The van der Waals surface area contributed by atoms with E-state index in [4.69, 9.17) is 19.3 Å². The Bertz CT molecular complexity index is 1240. The van der Waals surface area contributed by atoms with Gasteiger partial charge in [-0.25, -0.2) is 4.68 Å². The number of rotatable bonds is 6. The second-order valence-corrected chi connectivity index (χ2v) is 10.1. The largest absolute Gasteiger partial charge is 0.497 e. The quantitative estimate of drug-likeness (QED) is 0.481. The molecule has 0 atom stereocenters. The molecule has 0 aliphatic heterocycles. The first kappa shape index (κ1) is 24.6. The molecule has 2 aromatic carbocycles. The average Bonchev–Trinajstić information content (AvgIpc) is 3.22. The highest BCUT2D eigenvalue weighted by molar-refractivity contribution is 5.97. The van der Waals surface area contributed by atoms with E-state index in [9.17, 15) is 4.79 Å². The molecular weight excluding hydrogens is 442 g/mol. The maximum atomic E-state index is 13.6. The van der Waals surface area contributed by atoms with Crippen molar-refractivity contribution in [2.24, 2.45) is 0 Å². The summed E-state index contributed by atoms with van der Waals surface area (Å²) in [6, 6.07) is 11.8. The SMILES string of the molecule is COc1ccc(-n2nc(C(=O)N(C)C(C)(C)C)c3c2-c2cc(OC(C)C)c(OC)cc2CC3)cc1. The number of hydrogen-bond acceptors (Lipinski definition) is 5.